The van der Waals surface area contributed by atoms with Gasteiger partial charge in [-0.05, 0) is 41.7 Å². The van der Waals surface area contributed by atoms with Gasteiger partial charge in [0.1, 0.15) is 0 Å². The summed E-state index contributed by atoms with van der Waals surface area (Å²) in [6.07, 6.45) is 6.57. The van der Waals surface area contributed by atoms with E-state index in [4.69, 9.17) is 5.11 Å². The summed E-state index contributed by atoms with van der Waals surface area (Å²) in [5.41, 5.74) is 4.57. The summed E-state index contributed by atoms with van der Waals surface area (Å²) in [7, 11) is 0. The zero-order chi connectivity index (χ0) is 12.8. The van der Waals surface area contributed by atoms with Crippen LogP contribution in [0.15, 0.2) is 54.4 Å². The molecule has 2 aromatic rings. The molecule has 1 aromatic heterocycles. The molecule has 0 aliphatic heterocycles. The van der Waals surface area contributed by atoms with E-state index in [0.29, 0.717) is 0 Å². The molecule has 0 fully saturated rings. The number of aliphatic hydroxyl groups excluding tert-OH is 1. The van der Waals surface area contributed by atoms with Gasteiger partial charge in [-0.2, -0.15) is 0 Å². The number of aromatic nitrogens is 1. The Morgan fingerprint density at radius 3 is 2.56 bits per heavy atom. The fourth-order valence-electron chi connectivity index (χ4n) is 1.80. The Kier molecular flexibility index (Phi) is 4.26. The largest absolute Gasteiger partial charge is 0.392 e. The molecule has 0 saturated carbocycles. The van der Waals surface area contributed by atoms with Crippen molar-refractivity contribution in [3.05, 3.63) is 71.1 Å². The van der Waals surface area contributed by atoms with Gasteiger partial charge in [0.25, 0.3) is 0 Å². The van der Waals surface area contributed by atoms with Gasteiger partial charge < -0.3 is 5.11 Å². The van der Waals surface area contributed by atoms with Crippen LogP contribution in [0.3, 0.4) is 0 Å². The zero-order valence-corrected chi connectivity index (χ0v) is 10.5. The zero-order valence-electron chi connectivity index (χ0n) is 10.5. The number of hydrogen-bond acceptors (Lipinski definition) is 2. The van der Waals surface area contributed by atoms with Crippen LogP contribution < -0.4 is 0 Å². The molecule has 0 unspecified atom stereocenters. The van der Waals surface area contributed by atoms with Crippen molar-refractivity contribution in [2.75, 3.05) is 6.61 Å². The van der Waals surface area contributed by atoms with E-state index in [0.717, 1.165) is 17.6 Å². The fourth-order valence-corrected chi connectivity index (χ4v) is 1.80. The lowest BCUT2D eigenvalue weighted by Crippen LogP contribution is -1.89. The molecule has 1 N–H and O–H groups in total. The van der Waals surface area contributed by atoms with Crippen LogP contribution in [0, 0.1) is 0 Å². The second kappa shape index (κ2) is 6.12. The van der Waals surface area contributed by atoms with Crippen LogP contribution in [0.25, 0.3) is 6.08 Å². The molecular weight excluding hydrogens is 222 g/mol. The van der Waals surface area contributed by atoms with Crippen molar-refractivity contribution in [2.24, 2.45) is 0 Å². The van der Waals surface area contributed by atoms with Crippen molar-refractivity contribution < 1.29 is 5.11 Å². The number of hydrogen-bond donors (Lipinski definition) is 1. The Balaban J connectivity index is 2.09. The summed E-state index contributed by atoms with van der Waals surface area (Å²) < 4.78 is 0. The Labute approximate surface area is 108 Å². The van der Waals surface area contributed by atoms with E-state index in [1.54, 1.807) is 6.20 Å². The lowest BCUT2D eigenvalue weighted by molar-refractivity contribution is 0.332. The van der Waals surface area contributed by atoms with Crippen molar-refractivity contribution in [3.63, 3.8) is 0 Å². The van der Waals surface area contributed by atoms with E-state index in [1.807, 2.05) is 25.3 Å². The van der Waals surface area contributed by atoms with Crippen LogP contribution in [0.2, 0.25) is 0 Å². The van der Waals surface area contributed by atoms with Gasteiger partial charge in [-0.25, -0.2) is 0 Å². The molecule has 92 valence electrons. The van der Waals surface area contributed by atoms with Gasteiger partial charge >= 0.3 is 0 Å². The van der Waals surface area contributed by atoms with Gasteiger partial charge in [-0.3, -0.25) is 4.98 Å². The minimum absolute atomic E-state index is 0.109. The summed E-state index contributed by atoms with van der Waals surface area (Å²) in [6, 6.07) is 12.4. The quantitative estimate of drug-likeness (QED) is 0.889. The highest BCUT2D eigenvalue weighted by Gasteiger charge is 1.96. The van der Waals surface area contributed by atoms with E-state index < -0.39 is 0 Å². The molecule has 0 aliphatic rings. The van der Waals surface area contributed by atoms with Crippen LogP contribution in [-0.4, -0.2) is 16.7 Å². The van der Waals surface area contributed by atoms with Crippen LogP contribution >= 0.6 is 0 Å². The van der Waals surface area contributed by atoms with Crippen LogP contribution in [0.5, 0.6) is 0 Å². The predicted octanol–water partition coefficient (Wildman–Crippen LogP) is 3.07. The molecule has 0 atom stereocenters. The molecule has 0 aliphatic carbocycles. The first-order valence-corrected chi connectivity index (χ1v) is 6.04. The first-order chi connectivity index (χ1) is 8.78. The summed E-state index contributed by atoms with van der Waals surface area (Å²) in [5.74, 6) is 0. The minimum Gasteiger partial charge on any atom is -0.392 e. The van der Waals surface area contributed by atoms with E-state index in [2.05, 4.69) is 35.3 Å². The van der Waals surface area contributed by atoms with Crippen molar-refractivity contribution in [1.29, 1.82) is 0 Å². The van der Waals surface area contributed by atoms with E-state index in [-0.39, 0.29) is 6.61 Å². The number of benzene rings is 1. The van der Waals surface area contributed by atoms with E-state index in [1.165, 1.54) is 11.1 Å². The molecule has 2 rings (SSSR count). The predicted molar refractivity (Wildman–Crippen MR) is 74.2 cm³/mol. The second-order valence-corrected chi connectivity index (χ2v) is 4.43. The minimum atomic E-state index is 0.109. The number of aliphatic hydroxyl groups is 1. The summed E-state index contributed by atoms with van der Waals surface area (Å²) in [5, 5.41) is 8.97. The third-order valence-corrected chi connectivity index (χ3v) is 2.77. The lowest BCUT2D eigenvalue weighted by Gasteiger charge is -2.02. The molecule has 1 aromatic carbocycles. The summed E-state index contributed by atoms with van der Waals surface area (Å²) in [4.78, 5) is 4.11. The number of rotatable bonds is 4. The van der Waals surface area contributed by atoms with Gasteiger partial charge in [0.05, 0.1) is 6.61 Å². The highest BCUT2D eigenvalue weighted by Crippen LogP contribution is 2.12. The SMILES string of the molecule is C/C(=C/c1ccc(Cc2cccnc2)cc1)CO. The van der Waals surface area contributed by atoms with Gasteiger partial charge in [0.2, 0.25) is 0 Å². The van der Waals surface area contributed by atoms with Crippen molar-refractivity contribution in [2.45, 2.75) is 13.3 Å². The highest BCUT2D eigenvalue weighted by molar-refractivity contribution is 5.53. The maximum atomic E-state index is 8.97. The Morgan fingerprint density at radius 1 is 1.17 bits per heavy atom. The average Bonchev–Trinajstić information content (AvgIpc) is 2.42. The molecule has 0 saturated heterocycles. The Bertz CT molecular complexity index is 515. The van der Waals surface area contributed by atoms with Gasteiger partial charge in [-0.1, -0.05) is 36.4 Å². The summed E-state index contributed by atoms with van der Waals surface area (Å²) in [6.45, 7) is 2.03. The van der Waals surface area contributed by atoms with E-state index >= 15 is 0 Å². The van der Waals surface area contributed by atoms with Crippen molar-refractivity contribution in [3.8, 4) is 0 Å². The first kappa shape index (κ1) is 12.5. The smallest absolute Gasteiger partial charge is 0.0642 e. The molecule has 0 amide bonds. The molecular formula is C16H17NO. The van der Waals surface area contributed by atoms with Crippen LogP contribution in [0.4, 0.5) is 0 Å². The maximum absolute atomic E-state index is 8.97. The Morgan fingerprint density at radius 2 is 1.94 bits per heavy atom. The molecule has 0 spiro atoms. The number of pyridine rings is 1. The molecule has 1 heterocycles. The molecule has 2 heteroatoms. The standard InChI is InChI=1S/C16H17NO/c1-13(12-18)9-14-4-6-15(7-5-14)10-16-3-2-8-17-11-16/h2-9,11,18H,10,12H2,1H3/b13-9-. The average molecular weight is 239 g/mol. The molecule has 0 radical (unpaired) electrons. The van der Waals surface area contributed by atoms with Gasteiger partial charge in [-0.15, -0.1) is 0 Å². The van der Waals surface area contributed by atoms with E-state index in [9.17, 15) is 0 Å². The van der Waals surface area contributed by atoms with Crippen LogP contribution in [-0.2, 0) is 6.42 Å². The normalized spacial score (nSPS) is 11.6. The first-order valence-electron chi connectivity index (χ1n) is 6.04. The monoisotopic (exact) mass is 239 g/mol. The second-order valence-electron chi connectivity index (χ2n) is 4.43. The third-order valence-electron chi connectivity index (χ3n) is 2.77. The molecule has 0 bridgehead atoms. The highest BCUT2D eigenvalue weighted by atomic mass is 16.3. The lowest BCUT2D eigenvalue weighted by atomic mass is 10.0. The third kappa shape index (κ3) is 3.54. The molecule has 2 nitrogen and oxygen atoms in total. The molecule has 18 heavy (non-hydrogen) atoms. The fraction of sp³-hybridized carbons (Fsp3) is 0.188. The van der Waals surface area contributed by atoms with Crippen molar-refractivity contribution in [1.82, 2.24) is 4.98 Å². The Hall–Kier alpha value is -1.93. The summed E-state index contributed by atoms with van der Waals surface area (Å²) >= 11 is 0. The number of nitrogens with zero attached hydrogens (tertiary/aromatic N) is 1. The van der Waals surface area contributed by atoms with Crippen molar-refractivity contribution >= 4 is 6.08 Å². The van der Waals surface area contributed by atoms with Gasteiger partial charge in [0.15, 0.2) is 0 Å². The maximum Gasteiger partial charge on any atom is 0.0642 e. The van der Waals surface area contributed by atoms with Crippen LogP contribution in [0.1, 0.15) is 23.6 Å². The van der Waals surface area contributed by atoms with Gasteiger partial charge in [0, 0.05) is 12.4 Å². The topological polar surface area (TPSA) is 33.1 Å².